The normalized spacial score (nSPS) is 17.0. The molecule has 2 N–H and O–H groups in total. The molecular formula is C20H26F2N6O3. The van der Waals surface area contributed by atoms with Crippen LogP contribution in [0.3, 0.4) is 0 Å². The number of fused-ring (bicyclic) bond motifs is 1. The second kappa shape index (κ2) is 8.66. The van der Waals surface area contributed by atoms with Gasteiger partial charge in [0.25, 0.3) is 0 Å². The summed E-state index contributed by atoms with van der Waals surface area (Å²) in [5.41, 5.74) is 7.77. The van der Waals surface area contributed by atoms with Crippen LogP contribution in [-0.2, 0) is 22.5 Å². The van der Waals surface area contributed by atoms with E-state index in [2.05, 4.69) is 14.4 Å². The lowest BCUT2D eigenvalue weighted by atomic mass is 10.0. The maximum Gasteiger partial charge on any atom is 0.387 e. The zero-order chi connectivity index (χ0) is 22.1. The molecule has 2 aromatic rings. The average molecular weight is 436 g/mol. The maximum atomic E-state index is 12.7. The zero-order valence-corrected chi connectivity index (χ0v) is 17.6. The van der Waals surface area contributed by atoms with Gasteiger partial charge in [-0.2, -0.15) is 13.9 Å². The molecule has 31 heavy (non-hydrogen) atoms. The fourth-order valence-electron chi connectivity index (χ4n) is 4.13. The minimum atomic E-state index is -2.99. The number of carbonyl (C=O) groups is 1. The van der Waals surface area contributed by atoms with Crippen LogP contribution in [0.4, 0.5) is 26.1 Å². The first-order valence-corrected chi connectivity index (χ1v) is 10.2. The third kappa shape index (κ3) is 4.27. The number of nitrogens with zero attached hydrogens (tertiary/aromatic N) is 5. The van der Waals surface area contributed by atoms with Crippen molar-refractivity contribution in [1.29, 1.82) is 0 Å². The fourth-order valence-corrected chi connectivity index (χ4v) is 4.13. The minimum absolute atomic E-state index is 0.00343. The van der Waals surface area contributed by atoms with Crippen LogP contribution in [0.2, 0.25) is 0 Å². The van der Waals surface area contributed by atoms with Crippen molar-refractivity contribution in [1.82, 2.24) is 19.7 Å². The molecule has 168 valence electrons. The van der Waals surface area contributed by atoms with Crippen LogP contribution in [0.25, 0.3) is 0 Å². The van der Waals surface area contributed by atoms with Crippen molar-refractivity contribution < 1.29 is 23.0 Å². The van der Waals surface area contributed by atoms with Gasteiger partial charge in [0, 0.05) is 57.5 Å². The van der Waals surface area contributed by atoms with Gasteiger partial charge in [-0.05, 0) is 12.8 Å². The number of hydrogen-bond acceptors (Lipinski definition) is 7. The highest BCUT2D eigenvalue weighted by Gasteiger charge is 2.31. The number of amides is 1. The summed E-state index contributed by atoms with van der Waals surface area (Å²) in [6, 6.07) is 1.58. The van der Waals surface area contributed by atoms with Gasteiger partial charge in [-0.1, -0.05) is 0 Å². The summed E-state index contributed by atoms with van der Waals surface area (Å²) in [5, 5.41) is 4.89. The van der Waals surface area contributed by atoms with Gasteiger partial charge in [-0.15, -0.1) is 0 Å². The Bertz CT molecular complexity index is 961. The molecule has 0 aliphatic carbocycles. The molecule has 2 aliphatic rings. The first-order chi connectivity index (χ1) is 14.8. The Labute approximate surface area is 178 Å². The van der Waals surface area contributed by atoms with Crippen molar-refractivity contribution in [2.45, 2.75) is 45.4 Å². The molecule has 1 amide bonds. The van der Waals surface area contributed by atoms with Crippen molar-refractivity contribution in [2.24, 2.45) is 0 Å². The number of hydrogen-bond donors (Lipinski definition) is 1. The summed E-state index contributed by atoms with van der Waals surface area (Å²) in [4.78, 5) is 19.8. The highest BCUT2D eigenvalue weighted by Crippen LogP contribution is 2.36. The van der Waals surface area contributed by atoms with Crippen molar-refractivity contribution in [3.05, 3.63) is 23.5 Å². The summed E-state index contributed by atoms with van der Waals surface area (Å²) in [6.07, 6.45) is 3.70. The summed E-state index contributed by atoms with van der Waals surface area (Å²) in [7, 11) is 1.76. The Morgan fingerprint density at radius 3 is 2.81 bits per heavy atom. The Kier molecular flexibility index (Phi) is 5.94. The maximum absolute atomic E-state index is 12.7. The van der Waals surface area contributed by atoms with E-state index in [1.807, 2.05) is 0 Å². The molecule has 9 nitrogen and oxygen atoms in total. The summed E-state index contributed by atoms with van der Waals surface area (Å²) < 4.78 is 37.5. The number of anilines is 3. The van der Waals surface area contributed by atoms with E-state index in [0.29, 0.717) is 44.4 Å². The number of pyridine rings is 1. The quantitative estimate of drug-likeness (QED) is 0.769. The standard InChI is InChI=1S/C20H26F2N6O3/c1-12(29)27-6-3-16-14(11-27)19(25-28(16)13-4-7-30-8-5-13)26(2)18-9-17(31-20(21)22)15(23)10-24-18/h9-10,13,20H,3-8,11,23H2,1-2H3. The van der Waals surface area contributed by atoms with E-state index in [4.69, 9.17) is 15.6 Å². The molecule has 0 radical (unpaired) electrons. The number of carbonyl (C=O) groups excluding carboxylic acids is 1. The van der Waals surface area contributed by atoms with Gasteiger partial charge in [-0.3, -0.25) is 9.48 Å². The van der Waals surface area contributed by atoms with Crippen LogP contribution in [0.5, 0.6) is 5.75 Å². The van der Waals surface area contributed by atoms with E-state index in [-0.39, 0.29) is 23.4 Å². The van der Waals surface area contributed by atoms with E-state index < -0.39 is 6.61 Å². The third-order valence-corrected chi connectivity index (χ3v) is 5.80. The van der Waals surface area contributed by atoms with Crippen LogP contribution < -0.4 is 15.4 Å². The molecule has 2 aliphatic heterocycles. The molecular weight excluding hydrogens is 410 g/mol. The predicted molar refractivity (Wildman–Crippen MR) is 109 cm³/mol. The Morgan fingerprint density at radius 2 is 2.13 bits per heavy atom. The van der Waals surface area contributed by atoms with Gasteiger partial charge in [0.05, 0.1) is 24.5 Å². The van der Waals surface area contributed by atoms with Gasteiger partial charge in [0.2, 0.25) is 5.91 Å². The number of aromatic nitrogens is 3. The molecule has 0 saturated carbocycles. The minimum Gasteiger partial charge on any atom is -0.432 e. The number of alkyl halides is 2. The lowest BCUT2D eigenvalue weighted by Gasteiger charge is -2.29. The molecule has 2 aromatic heterocycles. The van der Waals surface area contributed by atoms with Crippen LogP contribution in [0.1, 0.15) is 37.1 Å². The van der Waals surface area contributed by atoms with E-state index >= 15 is 0 Å². The summed E-state index contributed by atoms with van der Waals surface area (Å²) in [6.45, 7) is 0.978. The van der Waals surface area contributed by atoms with Crippen molar-refractivity contribution in [2.75, 3.05) is 37.4 Å². The SMILES string of the molecule is CC(=O)N1CCc2c(c(N(C)c3cc(OC(F)F)c(N)cn3)nn2C2CCOCC2)C1. The predicted octanol–water partition coefficient (Wildman–Crippen LogP) is 2.49. The van der Waals surface area contributed by atoms with Crippen molar-refractivity contribution in [3.8, 4) is 5.75 Å². The highest BCUT2D eigenvalue weighted by molar-refractivity contribution is 5.74. The molecule has 11 heteroatoms. The monoisotopic (exact) mass is 436 g/mol. The number of rotatable bonds is 5. The van der Waals surface area contributed by atoms with Crippen LogP contribution >= 0.6 is 0 Å². The van der Waals surface area contributed by atoms with E-state index in [9.17, 15) is 13.6 Å². The Balaban J connectivity index is 1.73. The van der Waals surface area contributed by atoms with Gasteiger partial charge in [0.1, 0.15) is 5.82 Å². The second-order valence-electron chi connectivity index (χ2n) is 7.75. The fraction of sp³-hybridized carbons (Fsp3) is 0.550. The summed E-state index contributed by atoms with van der Waals surface area (Å²) >= 11 is 0. The highest BCUT2D eigenvalue weighted by atomic mass is 19.3. The largest absolute Gasteiger partial charge is 0.432 e. The number of nitrogens with two attached hydrogens (primary N) is 1. The van der Waals surface area contributed by atoms with Gasteiger partial charge >= 0.3 is 6.61 Å². The van der Waals surface area contributed by atoms with Gasteiger partial charge < -0.3 is 25.0 Å². The van der Waals surface area contributed by atoms with E-state index in [1.54, 1.807) is 23.8 Å². The molecule has 0 unspecified atom stereocenters. The molecule has 0 bridgehead atoms. The molecule has 1 fully saturated rings. The number of halogens is 2. The molecule has 0 aromatic carbocycles. The molecule has 0 spiro atoms. The van der Waals surface area contributed by atoms with Gasteiger partial charge in [-0.25, -0.2) is 4.98 Å². The smallest absolute Gasteiger partial charge is 0.387 e. The molecule has 4 rings (SSSR count). The lowest BCUT2D eigenvalue weighted by molar-refractivity contribution is -0.129. The van der Waals surface area contributed by atoms with Crippen LogP contribution in [-0.4, -0.2) is 59.0 Å². The average Bonchev–Trinajstić information content (AvgIpc) is 3.14. The Morgan fingerprint density at radius 1 is 1.39 bits per heavy atom. The van der Waals surface area contributed by atoms with Crippen molar-refractivity contribution >= 4 is 23.2 Å². The molecule has 0 atom stereocenters. The van der Waals surface area contributed by atoms with Gasteiger partial charge in [0.15, 0.2) is 11.6 Å². The second-order valence-corrected chi connectivity index (χ2v) is 7.75. The first kappa shape index (κ1) is 21.3. The number of nitrogen functional groups attached to an aromatic ring is 1. The topological polar surface area (TPSA) is 98.7 Å². The molecule has 1 saturated heterocycles. The van der Waals surface area contributed by atoms with Crippen molar-refractivity contribution in [3.63, 3.8) is 0 Å². The van der Waals surface area contributed by atoms with E-state index in [1.165, 1.54) is 12.3 Å². The summed E-state index contributed by atoms with van der Waals surface area (Å²) in [5.74, 6) is 0.850. The lowest BCUT2D eigenvalue weighted by Crippen LogP contribution is -2.35. The third-order valence-electron chi connectivity index (χ3n) is 5.80. The van der Waals surface area contributed by atoms with E-state index in [0.717, 1.165) is 24.1 Å². The first-order valence-electron chi connectivity index (χ1n) is 10.2. The zero-order valence-electron chi connectivity index (χ0n) is 17.6. The molecule has 4 heterocycles. The van der Waals surface area contributed by atoms with Crippen LogP contribution in [0.15, 0.2) is 12.3 Å². The Hall–Kier alpha value is -2.95. The van der Waals surface area contributed by atoms with Crippen LogP contribution in [0, 0.1) is 0 Å². The number of ether oxygens (including phenoxy) is 2.